The lowest BCUT2D eigenvalue weighted by Gasteiger charge is -2.19. The normalized spacial score (nSPS) is 21.2. The number of carbonyl (C=O) groups is 2. The highest BCUT2D eigenvalue weighted by Gasteiger charge is 2.31. The molecular weight excluding hydrogens is 224 g/mol. The van der Waals surface area contributed by atoms with Crippen molar-refractivity contribution in [2.45, 2.75) is 13.8 Å². The van der Waals surface area contributed by atoms with Crippen molar-refractivity contribution in [3.8, 4) is 0 Å². The summed E-state index contributed by atoms with van der Waals surface area (Å²) in [6.07, 6.45) is 9.55. The first-order chi connectivity index (χ1) is 8.62. The van der Waals surface area contributed by atoms with Gasteiger partial charge in [0.25, 0.3) is 0 Å². The van der Waals surface area contributed by atoms with Crippen LogP contribution in [-0.2, 0) is 9.59 Å². The smallest absolute Gasteiger partial charge is 0.194 e. The Morgan fingerprint density at radius 3 is 1.78 bits per heavy atom. The van der Waals surface area contributed by atoms with E-state index in [1.54, 1.807) is 44.2 Å². The zero-order chi connectivity index (χ0) is 13.7. The van der Waals surface area contributed by atoms with Crippen LogP contribution >= 0.6 is 0 Å². The van der Waals surface area contributed by atoms with Crippen LogP contribution in [0.1, 0.15) is 13.8 Å². The van der Waals surface area contributed by atoms with Crippen LogP contribution in [0.25, 0.3) is 0 Å². The molecular formula is C16H16O2. The highest BCUT2D eigenvalue weighted by molar-refractivity contribution is 6.31. The Bertz CT molecular complexity index is 537. The van der Waals surface area contributed by atoms with Gasteiger partial charge in [-0.15, -0.1) is 0 Å². The van der Waals surface area contributed by atoms with Crippen molar-refractivity contribution in [3.63, 3.8) is 0 Å². The number of hydrogen-bond acceptors (Lipinski definition) is 2. The van der Waals surface area contributed by atoms with E-state index in [2.05, 4.69) is 13.2 Å². The first-order valence-electron chi connectivity index (χ1n) is 5.70. The second-order valence-electron chi connectivity index (χ2n) is 3.69. The molecule has 0 heterocycles. The van der Waals surface area contributed by atoms with Gasteiger partial charge in [0.2, 0.25) is 0 Å². The Morgan fingerprint density at radius 2 is 1.39 bits per heavy atom. The molecule has 0 amide bonds. The molecule has 0 saturated heterocycles. The molecule has 0 atom stereocenters. The Morgan fingerprint density at radius 1 is 0.889 bits per heavy atom. The summed E-state index contributed by atoms with van der Waals surface area (Å²) < 4.78 is 0. The third-order valence-electron chi connectivity index (χ3n) is 2.74. The minimum absolute atomic E-state index is 0.154. The molecule has 0 fully saturated rings. The van der Waals surface area contributed by atoms with E-state index in [4.69, 9.17) is 0 Å². The number of allylic oxidation sites excluding steroid dienone is 10. The van der Waals surface area contributed by atoms with Gasteiger partial charge in [0, 0.05) is 22.3 Å². The van der Waals surface area contributed by atoms with Gasteiger partial charge in [-0.25, -0.2) is 0 Å². The lowest BCUT2D eigenvalue weighted by atomic mass is 9.81. The number of hydrogen-bond donors (Lipinski definition) is 0. The number of Topliss-reactive ketones (excluding diaryl/α,β-unsaturated/α-hetero) is 2. The maximum atomic E-state index is 12.3. The molecule has 0 saturated carbocycles. The molecule has 92 valence electrons. The van der Waals surface area contributed by atoms with Crippen molar-refractivity contribution in [1.29, 1.82) is 0 Å². The summed E-state index contributed by atoms with van der Waals surface area (Å²) in [6, 6.07) is 0. The molecule has 18 heavy (non-hydrogen) atoms. The first-order valence-corrected chi connectivity index (χ1v) is 5.70. The Hall–Kier alpha value is -2.22. The van der Waals surface area contributed by atoms with E-state index >= 15 is 0 Å². The predicted octanol–water partition coefficient (Wildman–Crippen LogP) is 3.26. The van der Waals surface area contributed by atoms with E-state index in [1.165, 1.54) is 6.08 Å². The largest absolute Gasteiger partial charge is 0.289 e. The van der Waals surface area contributed by atoms with Crippen molar-refractivity contribution in [1.82, 2.24) is 0 Å². The van der Waals surface area contributed by atoms with E-state index < -0.39 is 0 Å². The van der Waals surface area contributed by atoms with Crippen LogP contribution in [0.4, 0.5) is 0 Å². The number of carbonyl (C=O) groups excluding carboxylic acids is 2. The molecule has 0 bridgehead atoms. The van der Waals surface area contributed by atoms with E-state index in [-0.39, 0.29) is 11.6 Å². The number of ketones is 2. The first kappa shape index (κ1) is 13.8. The summed E-state index contributed by atoms with van der Waals surface area (Å²) in [5, 5.41) is 0. The molecule has 0 aromatic heterocycles. The lowest BCUT2D eigenvalue weighted by molar-refractivity contribution is -0.116. The van der Waals surface area contributed by atoms with Crippen LogP contribution in [-0.4, -0.2) is 11.6 Å². The monoisotopic (exact) mass is 240 g/mol. The van der Waals surface area contributed by atoms with Gasteiger partial charge >= 0.3 is 0 Å². The molecule has 2 nitrogen and oxygen atoms in total. The van der Waals surface area contributed by atoms with Crippen molar-refractivity contribution >= 4 is 11.6 Å². The second kappa shape index (κ2) is 5.92. The molecule has 0 spiro atoms. The highest BCUT2D eigenvalue weighted by atomic mass is 16.1. The minimum atomic E-state index is -0.163. The van der Waals surface area contributed by atoms with Gasteiger partial charge in [-0.05, 0) is 13.8 Å². The van der Waals surface area contributed by atoms with Crippen LogP contribution in [0.15, 0.2) is 71.9 Å². The molecule has 1 aliphatic rings. The summed E-state index contributed by atoms with van der Waals surface area (Å²) in [5.41, 5.74) is 1.59. The molecule has 1 rings (SSSR count). The highest BCUT2D eigenvalue weighted by Crippen LogP contribution is 2.29. The van der Waals surface area contributed by atoms with E-state index in [9.17, 15) is 9.59 Å². The van der Waals surface area contributed by atoms with Crippen molar-refractivity contribution in [2.75, 3.05) is 0 Å². The third-order valence-corrected chi connectivity index (χ3v) is 2.74. The number of rotatable bonds is 3. The SMILES string of the molecule is C=C/C=C\C1=C(C=C)C(=O)C(=C/C)/C(=C\C)C1=O. The predicted molar refractivity (Wildman–Crippen MR) is 74.1 cm³/mol. The Labute approximate surface area is 107 Å². The summed E-state index contributed by atoms with van der Waals surface area (Å²) in [6.45, 7) is 10.7. The maximum Gasteiger partial charge on any atom is 0.194 e. The van der Waals surface area contributed by atoms with Crippen molar-refractivity contribution < 1.29 is 9.59 Å². The fraction of sp³-hybridized carbons (Fsp3) is 0.125. The van der Waals surface area contributed by atoms with E-state index in [0.717, 1.165) is 0 Å². The van der Waals surface area contributed by atoms with Gasteiger partial charge < -0.3 is 0 Å². The molecule has 0 aromatic rings. The molecule has 0 N–H and O–H groups in total. The molecule has 0 aromatic carbocycles. The fourth-order valence-corrected chi connectivity index (χ4v) is 1.89. The van der Waals surface area contributed by atoms with Crippen LogP contribution in [0.2, 0.25) is 0 Å². The fourth-order valence-electron chi connectivity index (χ4n) is 1.89. The van der Waals surface area contributed by atoms with Gasteiger partial charge in [-0.3, -0.25) is 9.59 Å². The van der Waals surface area contributed by atoms with Gasteiger partial charge in [0.05, 0.1) is 0 Å². The molecule has 0 unspecified atom stereocenters. The van der Waals surface area contributed by atoms with Crippen molar-refractivity contribution in [3.05, 3.63) is 71.9 Å². The van der Waals surface area contributed by atoms with E-state index in [0.29, 0.717) is 22.3 Å². The quantitative estimate of drug-likeness (QED) is 0.560. The average molecular weight is 240 g/mol. The lowest BCUT2D eigenvalue weighted by Crippen LogP contribution is -2.23. The van der Waals surface area contributed by atoms with Gasteiger partial charge in [0.1, 0.15) is 0 Å². The van der Waals surface area contributed by atoms with Crippen LogP contribution < -0.4 is 0 Å². The van der Waals surface area contributed by atoms with Crippen LogP contribution in [0, 0.1) is 0 Å². The summed E-state index contributed by atoms with van der Waals surface area (Å²) in [5.74, 6) is -0.317. The molecule has 0 aliphatic heterocycles. The molecule has 0 radical (unpaired) electrons. The molecule has 1 aliphatic carbocycles. The summed E-state index contributed by atoms with van der Waals surface area (Å²) in [4.78, 5) is 24.5. The second-order valence-corrected chi connectivity index (χ2v) is 3.69. The Balaban J connectivity index is 3.57. The topological polar surface area (TPSA) is 34.1 Å². The summed E-state index contributed by atoms with van der Waals surface area (Å²) >= 11 is 0. The van der Waals surface area contributed by atoms with Crippen LogP contribution in [0.3, 0.4) is 0 Å². The zero-order valence-corrected chi connectivity index (χ0v) is 10.7. The third kappa shape index (κ3) is 2.23. The summed E-state index contributed by atoms with van der Waals surface area (Å²) in [7, 11) is 0. The zero-order valence-electron chi connectivity index (χ0n) is 10.7. The minimum Gasteiger partial charge on any atom is -0.289 e. The standard InChI is InChI=1S/C16H16O2/c1-5-9-10-14-13(8-4)15(17)11(6-2)12(7-3)16(14)18/h5-10H,1,4H2,2-3H3/b10-9-,11-6+,12-7+. The van der Waals surface area contributed by atoms with Crippen molar-refractivity contribution in [2.24, 2.45) is 0 Å². The maximum absolute atomic E-state index is 12.3. The average Bonchev–Trinajstić information content (AvgIpc) is 2.38. The van der Waals surface area contributed by atoms with Crippen LogP contribution in [0.5, 0.6) is 0 Å². The van der Waals surface area contributed by atoms with Gasteiger partial charge in [-0.2, -0.15) is 0 Å². The van der Waals surface area contributed by atoms with Gasteiger partial charge in [0.15, 0.2) is 11.6 Å². The molecule has 2 heteroatoms. The Kier molecular flexibility index (Phi) is 4.55. The van der Waals surface area contributed by atoms with Gasteiger partial charge in [-0.1, -0.05) is 49.6 Å². The van der Waals surface area contributed by atoms with E-state index in [1.807, 2.05) is 0 Å².